The van der Waals surface area contributed by atoms with Crippen LogP contribution < -0.4 is 0 Å². The highest BCUT2D eigenvalue weighted by Crippen LogP contribution is 2.02. The van der Waals surface area contributed by atoms with Crippen LogP contribution >= 0.6 is 0 Å². The quantitative estimate of drug-likeness (QED) is 0.528. The zero-order valence-corrected chi connectivity index (χ0v) is 8.78. The van der Waals surface area contributed by atoms with Crippen LogP contribution in [0.25, 0.3) is 0 Å². The molecular formula is C14H19. The van der Waals surface area contributed by atoms with Crippen LogP contribution in [0.15, 0.2) is 42.5 Å². The average Bonchev–Trinajstić information content (AvgIpc) is 2.22. The summed E-state index contributed by atoms with van der Waals surface area (Å²) in [7, 11) is 0. The highest BCUT2D eigenvalue weighted by Gasteiger charge is 1.82. The summed E-state index contributed by atoms with van der Waals surface area (Å²) in [5.74, 6) is 0. The number of hydrogen-bond acceptors (Lipinski definition) is 0. The molecular weight excluding hydrogens is 168 g/mol. The molecule has 0 amide bonds. The summed E-state index contributed by atoms with van der Waals surface area (Å²) in [5.41, 5.74) is 0. The molecule has 1 aliphatic rings. The van der Waals surface area contributed by atoms with Crippen LogP contribution in [0.2, 0.25) is 0 Å². The highest BCUT2D eigenvalue weighted by atomic mass is 13.9. The molecule has 0 fully saturated rings. The summed E-state index contributed by atoms with van der Waals surface area (Å²) in [6, 6.07) is 0. The van der Waals surface area contributed by atoms with E-state index in [0.29, 0.717) is 0 Å². The fourth-order valence-corrected chi connectivity index (χ4v) is 1.34. The van der Waals surface area contributed by atoms with E-state index >= 15 is 0 Å². The monoisotopic (exact) mass is 187 g/mol. The fraction of sp³-hybridized carbons (Fsp3) is 0.429. The van der Waals surface area contributed by atoms with Gasteiger partial charge in [-0.15, -0.1) is 0 Å². The van der Waals surface area contributed by atoms with Crippen LogP contribution in [0.5, 0.6) is 0 Å². The van der Waals surface area contributed by atoms with Gasteiger partial charge < -0.3 is 0 Å². The predicted octanol–water partition coefficient (Wildman–Crippen LogP) is 4.37. The van der Waals surface area contributed by atoms with Crippen LogP contribution in [-0.4, -0.2) is 0 Å². The van der Waals surface area contributed by atoms with E-state index in [1.807, 2.05) is 6.08 Å². The molecule has 0 unspecified atom stereocenters. The third-order valence-corrected chi connectivity index (χ3v) is 2.18. The molecule has 0 spiro atoms. The molecule has 0 atom stereocenters. The van der Waals surface area contributed by atoms with E-state index in [0.717, 1.165) is 12.8 Å². The van der Waals surface area contributed by atoms with E-state index in [1.54, 1.807) is 0 Å². The van der Waals surface area contributed by atoms with Crippen LogP contribution in [0.1, 0.15) is 38.5 Å². The van der Waals surface area contributed by atoms with Gasteiger partial charge in [-0.2, -0.15) is 0 Å². The molecule has 14 heavy (non-hydrogen) atoms. The largest absolute Gasteiger partial charge is 0.0845 e. The van der Waals surface area contributed by atoms with Gasteiger partial charge in [0.25, 0.3) is 0 Å². The molecule has 0 aromatic rings. The first-order chi connectivity index (χ1) is 7.00. The van der Waals surface area contributed by atoms with E-state index in [9.17, 15) is 0 Å². The van der Waals surface area contributed by atoms with Gasteiger partial charge in [-0.3, -0.25) is 0 Å². The van der Waals surface area contributed by atoms with Crippen molar-refractivity contribution in [2.75, 3.05) is 0 Å². The molecule has 0 N–H and O–H groups in total. The standard InChI is InChI=1S/C14H19/c1-2-4-6-8-10-12-14-13-11-9-7-5-3-1/h1-4,11-13H,5-10H2/b3-1+,4-2+,13-11+,14-12?. The number of hydrogen-bond donors (Lipinski definition) is 0. The Balaban J connectivity index is 2.33. The van der Waals surface area contributed by atoms with Crippen molar-refractivity contribution in [3.63, 3.8) is 0 Å². The first-order valence-electron chi connectivity index (χ1n) is 5.54. The molecule has 0 aliphatic heterocycles. The summed E-state index contributed by atoms with van der Waals surface area (Å²) in [5, 5.41) is 0. The second kappa shape index (κ2) is 8.55. The maximum Gasteiger partial charge on any atom is -0.0230 e. The van der Waals surface area contributed by atoms with Gasteiger partial charge in [0.1, 0.15) is 0 Å². The molecule has 0 aromatic heterocycles. The molecule has 1 radical (unpaired) electrons. The Morgan fingerprint density at radius 1 is 0.714 bits per heavy atom. The zero-order chi connectivity index (χ0) is 9.90. The first kappa shape index (κ1) is 11.0. The maximum absolute atomic E-state index is 3.19. The number of allylic oxidation sites excluding steroid dienone is 8. The molecule has 0 heterocycles. The molecule has 0 nitrogen and oxygen atoms in total. The van der Waals surface area contributed by atoms with Gasteiger partial charge >= 0.3 is 0 Å². The number of rotatable bonds is 0. The third-order valence-electron chi connectivity index (χ3n) is 2.18. The van der Waals surface area contributed by atoms with Crippen molar-refractivity contribution in [3.05, 3.63) is 48.6 Å². The van der Waals surface area contributed by atoms with Gasteiger partial charge in [0.2, 0.25) is 0 Å². The Bertz CT molecular complexity index is 178. The summed E-state index contributed by atoms with van der Waals surface area (Å²) in [6.45, 7) is 0. The van der Waals surface area contributed by atoms with Crippen LogP contribution in [0, 0.1) is 6.08 Å². The normalized spacial score (nSPS) is 28.6. The summed E-state index contributed by atoms with van der Waals surface area (Å²) in [6.07, 6.45) is 25.5. The van der Waals surface area contributed by atoms with E-state index in [-0.39, 0.29) is 0 Å². The molecule has 0 saturated heterocycles. The van der Waals surface area contributed by atoms with Crippen molar-refractivity contribution in [1.82, 2.24) is 0 Å². The van der Waals surface area contributed by atoms with Crippen molar-refractivity contribution >= 4 is 0 Å². The lowest BCUT2D eigenvalue weighted by Crippen LogP contribution is -1.71. The van der Waals surface area contributed by atoms with Gasteiger partial charge in [-0.25, -0.2) is 0 Å². The molecule has 1 aliphatic carbocycles. The Kier molecular flexibility index (Phi) is 6.74. The van der Waals surface area contributed by atoms with E-state index in [2.05, 4.69) is 42.5 Å². The van der Waals surface area contributed by atoms with Crippen molar-refractivity contribution in [2.45, 2.75) is 38.5 Å². The minimum absolute atomic E-state index is 1.14. The zero-order valence-electron chi connectivity index (χ0n) is 8.78. The summed E-state index contributed by atoms with van der Waals surface area (Å²) in [4.78, 5) is 0. The molecule has 0 saturated carbocycles. The molecule has 0 aromatic carbocycles. The summed E-state index contributed by atoms with van der Waals surface area (Å²) < 4.78 is 0. The Hall–Kier alpha value is -1.04. The third kappa shape index (κ3) is 6.47. The minimum Gasteiger partial charge on any atom is -0.0845 e. The smallest absolute Gasteiger partial charge is 0.0230 e. The van der Waals surface area contributed by atoms with E-state index < -0.39 is 0 Å². The van der Waals surface area contributed by atoms with Gasteiger partial charge in [-0.1, -0.05) is 42.5 Å². The van der Waals surface area contributed by atoms with Crippen LogP contribution in [0.3, 0.4) is 0 Å². The van der Waals surface area contributed by atoms with Gasteiger partial charge in [0.15, 0.2) is 0 Å². The molecule has 75 valence electrons. The van der Waals surface area contributed by atoms with E-state index in [4.69, 9.17) is 0 Å². The van der Waals surface area contributed by atoms with Crippen LogP contribution in [0.4, 0.5) is 0 Å². The topological polar surface area (TPSA) is 0 Å². The highest BCUT2D eigenvalue weighted by molar-refractivity contribution is 5.03. The SMILES string of the molecule is [C]1=C/CCC/C=C/C=C/CCC/C=C/1. The van der Waals surface area contributed by atoms with Gasteiger partial charge in [0, 0.05) is 0 Å². The van der Waals surface area contributed by atoms with Gasteiger partial charge in [-0.05, 0) is 44.6 Å². The fourth-order valence-electron chi connectivity index (χ4n) is 1.34. The van der Waals surface area contributed by atoms with E-state index in [1.165, 1.54) is 25.7 Å². The molecule has 0 bridgehead atoms. The van der Waals surface area contributed by atoms with Crippen molar-refractivity contribution in [3.8, 4) is 0 Å². The minimum atomic E-state index is 1.14. The lowest BCUT2D eigenvalue weighted by Gasteiger charge is -1.91. The predicted molar refractivity (Wildman–Crippen MR) is 62.9 cm³/mol. The summed E-state index contributed by atoms with van der Waals surface area (Å²) >= 11 is 0. The Labute approximate surface area is 87.7 Å². The Morgan fingerprint density at radius 3 is 2.14 bits per heavy atom. The second-order valence-electron chi connectivity index (χ2n) is 3.49. The molecule has 1 rings (SSSR count). The lowest BCUT2D eigenvalue weighted by atomic mass is 10.2. The van der Waals surface area contributed by atoms with Crippen molar-refractivity contribution < 1.29 is 0 Å². The van der Waals surface area contributed by atoms with Crippen molar-refractivity contribution in [2.24, 2.45) is 0 Å². The first-order valence-corrected chi connectivity index (χ1v) is 5.54. The Morgan fingerprint density at radius 2 is 1.36 bits per heavy atom. The molecule has 0 heteroatoms. The lowest BCUT2D eigenvalue weighted by molar-refractivity contribution is 0.860. The average molecular weight is 187 g/mol. The second-order valence-corrected chi connectivity index (χ2v) is 3.49. The van der Waals surface area contributed by atoms with Gasteiger partial charge in [0.05, 0.1) is 0 Å². The van der Waals surface area contributed by atoms with Crippen LogP contribution in [-0.2, 0) is 0 Å². The van der Waals surface area contributed by atoms with Crippen molar-refractivity contribution in [1.29, 1.82) is 0 Å². The maximum atomic E-state index is 3.19.